The van der Waals surface area contributed by atoms with Crippen molar-refractivity contribution in [1.29, 1.82) is 5.26 Å². The van der Waals surface area contributed by atoms with Gasteiger partial charge in [-0.05, 0) is 35.9 Å². The highest BCUT2D eigenvalue weighted by Gasteiger charge is 2.14. The van der Waals surface area contributed by atoms with Crippen molar-refractivity contribution in [2.24, 2.45) is 0 Å². The molecule has 0 unspecified atom stereocenters. The molecule has 4 aromatic rings. The van der Waals surface area contributed by atoms with E-state index in [1.54, 1.807) is 23.0 Å². The molecular formula is C20H14N6O2. The number of hydrogen-bond acceptors (Lipinski definition) is 7. The fraction of sp³-hybridized carbons (Fsp3) is 0.100. The second kappa shape index (κ2) is 6.55. The van der Waals surface area contributed by atoms with Gasteiger partial charge < -0.3 is 14.8 Å². The summed E-state index contributed by atoms with van der Waals surface area (Å²) in [5.74, 6) is 2.19. The summed E-state index contributed by atoms with van der Waals surface area (Å²) in [4.78, 5) is 8.72. The molecule has 2 aromatic heterocycles. The van der Waals surface area contributed by atoms with Crippen molar-refractivity contribution in [3.05, 3.63) is 66.1 Å². The quantitative estimate of drug-likeness (QED) is 0.589. The van der Waals surface area contributed by atoms with E-state index in [4.69, 9.17) is 14.7 Å². The highest BCUT2D eigenvalue weighted by Crippen LogP contribution is 2.32. The minimum Gasteiger partial charge on any atom is -0.454 e. The first-order valence-electron chi connectivity index (χ1n) is 8.63. The lowest BCUT2D eigenvalue weighted by molar-refractivity contribution is 0.174. The molecule has 0 amide bonds. The monoisotopic (exact) mass is 370 g/mol. The molecule has 0 saturated carbocycles. The first-order valence-corrected chi connectivity index (χ1v) is 8.63. The van der Waals surface area contributed by atoms with E-state index in [1.807, 2.05) is 30.3 Å². The molecule has 0 spiro atoms. The third-order valence-electron chi connectivity index (χ3n) is 4.48. The lowest BCUT2D eigenvalue weighted by Crippen LogP contribution is -2.03. The van der Waals surface area contributed by atoms with E-state index in [0.29, 0.717) is 23.6 Å². The molecule has 5 rings (SSSR count). The molecule has 8 nitrogen and oxygen atoms in total. The number of benzene rings is 2. The maximum absolute atomic E-state index is 9.12. The predicted molar refractivity (Wildman–Crippen MR) is 101 cm³/mol. The molecule has 0 saturated heterocycles. The van der Waals surface area contributed by atoms with E-state index >= 15 is 0 Å². The summed E-state index contributed by atoms with van der Waals surface area (Å²) in [5, 5.41) is 17.7. The molecule has 0 fully saturated rings. The van der Waals surface area contributed by atoms with Crippen molar-refractivity contribution in [2.45, 2.75) is 6.54 Å². The number of nitrogens with one attached hydrogen (secondary N) is 1. The second-order valence-corrected chi connectivity index (χ2v) is 6.22. The number of nitriles is 1. The van der Waals surface area contributed by atoms with Crippen molar-refractivity contribution in [3.63, 3.8) is 0 Å². The summed E-state index contributed by atoms with van der Waals surface area (Å²) < 4.78 is 12.5. The molecule has 1 N–H and O–H groups in total. The molecule has 0 bridgehead atoms. The summed E-state index contributed by atoms with van der Waals surface area (Å²) in [6.07, 6.45) is 3.22. The number of nitrogens with zero attached hydrogens (tertiary/aromatic N) is 5. The molecule has 1 aliphatic rings. The molecule has 0 atom stereocenters. The molecule has 1 aliphatic heterocycles. The number of anilines is 1. The average molecular weight is 370 g/mol. The zero-order valence-electron chi connectivity index (χ0n) is 14.7. The maximum Gasteiger partial charge on any atom is 0.231 e. The van der Waals surface area contributed by atoms with Crippen LogP contribution in [0.2, 0.25) is 0 Å². The van der Waals surface area contributed by atoms with E-state index in [9.17, 15) is 0 Å². The second-order valence-electron chi connectivity index (χ2n) is 6.22. The Bertz CT molecular complexity index is 1230. The summed E-state index contributed by atoms with van der Waals surface area (Å²) >= 11 is 0. The Morgan fingerprint density at radius 3 is 2.96 bits per heavy atom. The Kier molecular flexibility index (Phi) is 3.76. The van der Waals surface area contributed by atoms with E-state index in [2.05, 4.69) is 26.5 Å². The van der Waals surface area contributed by atoms with Gasteiger partial charge in [0.2, 0.25) is 6.79 Å². The van der Waals surface area contributed by atoms with E-state index < -0.39 is 0 Å². The van der Waals surface area contributed by atoms with Crippen molar-refractivity contribution < 1.29 is 9.47 Å². The maximum atomic E-state index is 9.12. The van der Waals surface area contributed by atoms with Gasteiger partial charge in [0.1, 0.15) is 12.1 Å². The fourth-order valence-corrected chi connectivity index (χ4v) is 3.12. The number of aromatic nitrogens is 4. The molecule has 136 valence electrons. The fourth-order valence-electron chi connectivity index (χ4n) is 3.12. The SMILES string of the molecule is N#Cc1cccc(-n2ncc3c(NCc4ccc5c(c4)OCO5)ncnc32)c1. The van der Waals surface area contributed by atoms with Crippen LogP contribution in [-0.4, -0.2) is 26.5 Å². The Morgan fingerprint density at radius 1 is 1.11 bits per heavy atom. The van der Waals surface area contributed by atoms with Crippen molar-refractivity contribution in [2.75, 3.05) is 12.1 Å². The van der Waals surface area contributed by atoms with E-state index in [1.165, 1.54) is 6.33 Å². The van der Waals surface area contributed by atoms with Gasteiger partial charge >= 0.3 is 0 Å². The first-order chi connectivity index (χ1) is 13.8. The number of ether oxygens (including phenoxy) is 2. The van der Waals surface area contributed by atoms with Gasteiger partial charge in [0.25, 0.3) is 0 Å². The molecule has 2 aromatic carbocycles. The van der Waals surface area contributed by atoms with Crippen LogP contribution in [0.5, 0.6) is 11.5 Å². The molecule has 0 radical (unpaired) electrons. The van der Waals surface area contributed by atoms with Gasteiger partial charge in [-0.25, -0.2) is 14.6 Å². The van der Waals surface area contributed by atoms with Crippen molar-refractivity contribution in [1.82, 2.24) is 19.7 Å². The molecule has 0 aliphatic carbocycles. The van der Waals surface area contributed by atoms with Gasteiger partial charge in [-0.15, -0.1) is 0 Å². The highest BCUT2D eigenvalue weighted by molar-refractivity contribution is 5.87. The zero-order chi connectivity index (χ0) is 18.9. The van der Waals surface area contributed by atoms with Gasteiger partial charge in [0, 0.05) is 6.54 Å². The third kappa shape index (κ3) is 2.75. The van der Waals surface area contributed by atoms with Gasteiger partial charge in [0.15, 0.2) is 17.1 Å². The minimum atomic E-state index is 0.255. The topological polar surface area (TPSA) is 97.9 Å². The van der Waals surface area contributed by atoms with Crippen LogP contribution < -0.4 is 14.8 Å². The lowest BCUT2D eigenvalue weighted by atomic mass is 10.2. The summed E-state index contributed by atoms with van der Waals surface area (Å²) in [6.45, 7) is 0.822. The lowest BCUT2D eigenvalue weighted by Gasteiger charge is -2.08. The summed E-state index contributed by atoms with van der Waals surface area (Å²) in [6, 6.07) is 15.2. The smallest absolute Gasteiger partial charge is 0.231 e. The summed E-state index contributed by atoms with van der Waals surface area (Å²) in [5.41, 5.74) is 3.05. The van der Waals surface area contributed by atoms with Gasteiger partial charge in [-0.1, -0.05) is 12.1 Å². The van der Waals surface area contributed by atoms with Crippen LogP contribution in [0, 0.1) is 11.3 Å². The number of hydrogen-bond donors (Lipinski definition) is 1. The van der Waals surface area contributed by atoms with Gasteiger partial charge in [0.05, 0.1) is 28.9 Å². The predicted octanol–water partition coefficient (Wildman–Crippen LogP) is 3.03. The van der Waals surface area contributed by atoms with Crippen LogP contribution >= 0.6 is 0 Å². The normalized spacial score (nSPS) is 12.1. The van der Waals surface area contributed by atoms with Crippen LogP contribution in [0.25, 0.3) is 16.7 Å². The first kappa shape index (κ1) is 16.1. The Morgan fingerprint density at radius 2 is 2.04 bits per heavy atom. The third-order valence-corrected chi connectivity index (χ3v) is 4.48. The number of rotatable bonds is 4. The molecular weight excluding hydrogens is 356 g/mol. The summed E-state index contributed by atoms with van der Waals surface area (Å²) in [7, 11) is 0. The highest BCUT2D eigenvalue weighted by atomic mass is 16.7. The zero-order valence-corrected chi connectivity index (χ0v) is 14.7. The van der Waals surface area contributed by atoms with Crippen LogP contribution in [0.15, 0.2) is 55.0 Å². The van der Waals surface area contributed by atoms with Gasteiger partial charge in [-0.3, -0.25) is 0 Å². The largest absolute Gasteiger partial charge is 0.454 e. The average Bonchev–Trinajstić information content (AvgIpc) is 3.39. The number of fused-ring (bicyclic) bond motifs is 2. The molecule has 8 heteroatoms. The van der Waals surface area contributed by atoms with Crippen LogP contribution in [0.4, 0.5) is 5.82 Å². The van der Waals surface area contributed by atoms with Crippen molar-refractivity contribution in [3.8, 4) is 23.3 Å². The van der Waals surface area contributed by atoms with Crippen LogP contribution in [0.3, 0.4) is 0 Å². The van der Waals surface area contributed by atoms with E-state index in [-0.39, 0.29) is 6.79 Å². The minimum absolute atomic E-state index is 0.255. The van der Waals surface area contributed by atoms with E-state index in [0.717, 1.165) is 28.1 Å². The molecule has 3 heterocycles. The standard InChI is InChI=1S/C20H14N6O2/c21-8-13-2-1-3-15(6-13)26-20-16(10-25-26)19(23-11-24-20)22-9-14-4-5-17-18(7-14)28-12-27-17/h1-7,10-11H,9,12H2,(H,22,23,24). The Labute approximate surface area is 160 Å². The van der Waals surface area contributed by atoms with Crippen LogP contribution in [-0.2, 0) is 6.54 Å². The molecule has 28 heavy (non-hydrogen) atoms. The Balaban J connectivity index is 1.44. The van der Waals surface area contributed by atoms with Crippen molar-refractivity contribution >= 4 is 16.9 Å². The van der Waals surface area contributed by atoms with Gasteiger partial charge in [-0.2, -0.15) is 10.4 Å². The Hall–Kier alpha value is -4.12. The van der Waals surface area contributed by atoms with Crippen LogP contribution in [0.1, 0.15) is 11.1 Å².